The second kappa shape index (κ2) is 8.87. The zero-order chi connectivity index (χ0) is 14.1. The Morgan fingerprint density at radius 3 is 2.79 bits per heavy atom. The van der Waals surface area contributed by atoms with Gasteiger partial charge in [0.2, 0.25) is 0 Å². The van der Waals surface area contributed by atoms with Gasteiger partial charge in [-0.3, -0.25) is 4.79 Å². The molecule has 0 amide bonds. The van der Waals surface area contributed by atoms with Crippen LogP contribution in [0, 0.1) is 0 Å². The van der Waals surface area contributed by atoms with Crippen molar-refractivity contribution in [2.75, 3.05) is 37.8 Å². The highest BCUT2D eigenvalue weighted by atomic mass is 32.1. The van der Waals surface area contributed by atoms with E-state index < -0.39 is 0 Å². The molecule has 0 atom stereocenters. The van der Waals surface area contributed by atoms with Crippen LogP contribution in [0.5, 0.6) is 0 Å². The van der Waals surface area contributed by atoms with Gasteiger partial charge < -0.3 is 14.4 Å². The van der Waals surface area contributed by atoms with E-state index in [-0.39, 0.29) is 12.4 Å². The SMILES string of the molecule is CCOCCN(CC)c1nc(CC(=O)OCC)cs1. The quantitative estimate of drug-likeness (QED) is 0.514. The third-order valence-electron chi connectivity index (χ3n) is 2.53. The molecule has 0 radical (unpaired) electrons. The molecule has 0 saturated carbocycles. The Labute approximate surface area is 118 Å². The predicted molar refractivity (Wildman–Crippen MR) is 76.8 cm³/mol. The topological polar surface area (TPSA) is 51.7 Å². The lowest BCUT2D eigenvalue weighted by Crippen LogP contribution is -2.27. The Hall–Kier alpha value is -1.14. The van der Waals surface area contributed by atoms with Crippen molar-refractivity contribution in [1.29, 1.82) is 0 Å². The molecule has 0 fully saturated rings. The Kier molecular flexibility index (Phi) is 7.43. The van der Waals surface area contributed by atoms with E-state index in [1.54, 1.807) is 18.3 Å². The number of anilines is 1. The van der Waals surface area contributed by atoms with Crippen molar-refractivity contribution in [1.82, 2.24) is 4.98 Å². The Morgan fingerprint density at radius 1 is 1.37 bits per heavy atom. The molecule has 108 valence electrons. The molecule has 5 nitrogen and oxygen atoms in total. The molecule has 0 bridgehead atoms. The van der Waals surface area contributed by atoms with Crippen LogP contribution in [-0.2, 0) is 20.7 Å². The summed E-state index contributed by atoms with van der Waals surface area (Å²) in [5.74, 6) is -0.225. The fraction of sp³-hybridized carbons (Fsp3) is 0.692. The molecule has 0 spiro atoms. The first-order valence-electron chi connectivity index (χ1n) is 6.63. The number of rotatable bonds is 9. The van der Waals surface area contributed by atoms with Gasteiger partial charge in [-0.1, -0.05) is 0 Å². The number of likely N-dealkylation sites (N-methyl/N-ethyl adjacent to an activating group) is 1. The van der Waals surface area contributed by atoms with Gasteiger partial charge in [0.1, 0.15) is 0 Å². The van der Waals surface area contributed by atoms with E-state index in [0.29, 0.717) is 13.2 Å². The minimum atomic E-state index is -0.225. The fourth-order valence-corrected chi connectivity index (χ4v) is 2.51. The lowest BCUT2D eigenvalue weighted by atomic mass is 10.3. The maximum Gasteiger partial charge on any atom is 0.311 e. The van der Waals surface area contributed by atoms with Gasteiger partial charge in [0.15, 0.2) is 5.13 Å². The van der Waals surface area contributed by atoms with Crippen LogP contribution in [0.2, 0.25) is 0 Å². The largest absolute Gasteiger partial charge is 0.466 e. The molecule has 0 aliphatic heterocycles. The fourth-order valence-electron chi connectivity index (χ4n) is 1.59. The van der Waals surface area contributed by atoms with Crippen LogP contribution in [0.4, 0.5) is 5.13 Å². The summed E-state index contributed by atoms with van der Waals surface area (Å²) in [5, 5.41) is 2.84. The molecule has 0 aromatic carbocycles. The molecule has 1 aromatic heterocycles. The van der Waals surface area contributed by atoms with Gasteiger partial charge in [0, 0.05) is 25.1 Å². The molecule has 1 heterocycles. The minimum Gasteiger partial charge on any atom is -0.466 e. The first kappa shape index (κ1) is 15.9. The number of thiazole rings is 1. The predicted octanol–water partition coefficient (Wildman–Crippen LogP) is 2.11. The van der Waals surface area contributed by atoms with Gasteiger partial charge in [-0.2, -0.15) is 0 Å². The smallest absolute Gasteiger partial charge is 0.311 e. The van der Waals surface area contributed by atoms with Gasteiger partial charge in [0.05, 0.1) is 25.3 Å². The highest BCUT2D eigenvalue weighted by molar-refractivity contribution is 7.13. The number of carbonyl (C=O) groups excluding carboxylic acids is 1. The monoisotopic (exact) mass is 286 g/mol. The number of nitrogens with zero attached hydrogens (tertiary/aromatic N) is 2. The number of aromatic nitrogens is 1. The zero-order valence-electron chi connectivity index (χ0n) is 11.8. The molecule has 0 saturated heterocycles. The first-order valence-corrected chi connectivity index (χ1v) is 7.51. The van der Waals surface area contributed by atoms with Crippen molar-refractivity contribution in [3.63, 3.8) is 0 Å². The highest BCUT2D eigenvalue weighted by Gasteiger charge is 2.12. The summed E-state index contributed by atoms with van der Waals surface area (Å²) in [6, 6.07) is 0. The van der Waals surface area contributed by atoms with Crippen molar-refractivity contribution in [3.05, 3.63) is 11.1 Å². The summed E-state index contributed by atoms with van der Waals surface area (Å²) in [6.45, 7) is 9.38. The van der Waals surface area contributed by atoms with Crippen LogP contribution in [0.25, 0.3) is 0 Å². The standard InChI is InChI=1S/C13H22N2O3S/c1-4-15(7-8-17-5-2)13-14-11(10-19-13)9-12(16)18-6-3/h10H,4-9H2,1-3H3. The van der Waals surface area contributed by atoms with Crippen LogP contribution < -0.4 is 4.90 Å². The second-order valence-corrected chi connectivity index (χ2v) is 4.72. The minimum absolute atomic E-state index is 0.225. The van der Waals surface area contributed by atoms with Crippen molar-refractivity contribution in [2.24, 2.45) is 0 Å². The van der Waals surface area contributed by atoms with E-state index in [4.69, 9.17) is 9.47 Å². The lowest BCUT2D eigenvalue weighted by molar-refractivity contribution is -0.142. The molecular formula is C13H22N2O3S. The van der Waals surface area contributed by atoms with E-state index in [9.17, 15) is 4.79 Å². The summed E-state index contributed by atoms with van der Waals surface area (Å²) >= 11 is 1.55. The third-order valence-corrected chi connectivity index (χ3v) is 3.48. The number of esters is 1. The summed E-state index contributed by atoms with van der Waals surface area (Å²) in [6.07, 6.45) is 0.243. The Morgan fingerprint density at radius 2 is 2.16 bits per heavy atom. The van der Waals surface area contributed by atoms with Crippen LogP contribution >= 0.6 is 11.3 Å². The Balaban J connectivity index is 2.53. The van der Waals surface area contributed by atoms with Crippen LogP contribution in [0.1, 0.15) is 26.5 Å². The van der Waals surface area contributed by atoms with Crippen LogP contribution in [0.3, 0.4) is 0 Å². The molecule has 1 rings (SSSR count). The van der Waals surface area contributed by atoms with E-state index in [1.807, 2.05) is 12.3 Å². The third kappa shape index (κ3) is 5.57. The number of hydrogen-bond acceptors (Lipinski definition) is 6. The summed E-state index contributed by atoms with van der Waals surface area (Å²) in [7, 11) is 0. The average Bonchev–Trinajstić information content (AvgIpc) is 2.83. The molecule has 19 heavy (non-hydrogen) atoms. The van der Waals surface area contributed by atoms with Gasteiger partial charge in [-0.05, 0) is 20.8 Å². The maximum atomic E-state index is 11.4. The lowest BCUT2D eigenvalue weighted by Gasteiger charge is -2.19. The van der Waals surface area contributed by atoms with Crippen LogP contribution in [0.15, 0.2) is 5.38 Å². The van der Waals surface area contributed by atoms with E-state index >= 15 is 0 Å². The van der Waals surface area contributed by atoms with Crippen molar-refractivity contribution < 1.29 is 14.3 Å². The van der Waals surface area contributed by atoms with E-state index in [2.05, 4.69) is 16.8 Å². The maximum absolute atomic E-state index is 11.4. The number of carbonyl (C=O) groups is 1. The van der Waals surface area contributed by atoms with Crippen LogP contribution in [-0.4, -0.2) is 43.9 Å². The molecule has 0 unspecified atom stereocenters. The van der Waals surface area contributed by atoms with Crippen molar-refractivity contribution in [3.8, 4) is 0 Å². The average molecular weight is 286 g/mol. The number of hydrogen-bond donors (Lipinski definition) is 0. The number of ether oxygens (including phenoxy) is 2. The Bertz CT molecular complexity index is 382. The summed E-state index contributed by atoms with van der Waals surface area (Å²) < 4.78 is 10.3. The molecule has 0 aliphatic rings. The highest BCUT2D eigenvalue weighted by Crippen LogP contribution is 2.20. The molecule has 0 aliphatic carbocycles. The van der Waals surface area contributed by atoms with Crippen molar-refractivity contribution in [2.45, 2.75) is 27.2 Å². The van der Waals surface area contributed by atoms with E-state index in [0.717, 1.165) is 30.5 Å². The normalized spacial score (nSPS) is 10.5. The van der Waals surface area contributed by atoms with Gasteiger partial charge in [0.25, 0.3) is 0 Å². The van der Waals surface area contributed by atoms with Crippen molar-refractivity contribution >= 4 is 22.4 Å². The molecular weight excluding hydrogens is 264 g/mol. The van der Waals surface area contributed by atoms with Gasteiger partial charge in [-0.25, -0.2) is 4.98 Å². The van der Waals surface area contributed by atoms with E-state index in [1.165, 1.54) is 0 Å². The first-order chi connectivity index (χ1) is 9.21. The second-order valence-electron chi connectivity index (χ2n) is 3.88. The summed E-state index contributed by atoms with van der Waals surface area (Å²) in [5.41, 5.74) is 0.772. The zero-order valence-corrected chi connectivity index (χ0v) is 12.7. The van der Waals surface area contributed by atoms with Gasteiger partial charge in [-0.15, -0.1) is 11.3 Å². The molecule has 6 heteroatoms. The van der Waals surface area contributed by atoms with Gasteiger partial charge >= 0.3 is 5.97 Å². The molecule has 0 N–H and O–H groups in total. The summed E-state index contributed by atoms with van der Waals surface area (Å²) in [4.78, 5) is 18.0. The molecule has 1 aromatic rings.